The van der Waals surface area contributed by atoms with Crippen molar-refractivity contribution in [2.75, 3.05) is 25.9 Å². The molecule has 1 aromatic carbocycles. The summed E-state index contributed by atoms with van der Waals surface area (Å²) in [5.41, 5.74) is 1.40. The monoisotopic (exact) mass is 393 g/mol. The summed E-state index contributed by atoms with van der Waals surface area (Å²) in [6.45, 7) is 2.77. The first kappa shape index (κ1) is 19.5. The van der Waals surface area contributed by atoms with E-state index in [4.69, 9.17) is 0 Å². The Morgan fingerprint density at radius 3 is 2.37 bits per heavy atom. The quantitative estimate of drug-likeness (QED) is 0.725. The second-order valence-electron chi connectivity index (χ2n) is 7.19. The number of imide groups is 1. The maximum atomic E-state index is 12.7. The highest BCUT2D eigenvalue weighted by atomic mass is 32.2. The first-order valence-corrected chi connectivity index (χ1v) is 10.7. The summed E-state index contributed by atoms with van der Waals surface area (Å²) in [7, 11) is -3.28. The molecule has 3 rings (SSSR count). The maximum absolute atomic E-state index is 12.7. The molecule has 146 valence electrons. The van der Waals surface area contributed by atoms with Gasteiger partial charge >= 0.3 is 0 Å². The summed E-state index contributed by atoms with van der Waals surface area (Å²) in [5.74, 6) is -1.00. The second-order valence-corrected chi connectivity index (χ2v) is 9.12. The summed E-state index contributed by atoms with van der Waals surface area (Å²) < 4.78 is 24.9. The van der Waals surface area contributed by atoms with Crippen LogP contribution < -0.4 is 5.32 Å². The molecule has 2 fully saturated rings. The van der Waals surface area contributed by atoms with Gasteiger partial charge in [-0.25, -0.2) is 8.42 Å². The Kier molecular flexibility index (Phi) is 5.34. The van der Waals surface area contributed by atoms with Gasteiger partial charge in [0.25, 0.3) is 5.91 Å². The fourth-order valence-corrected chi connectivity index (χ4v) is 4.77. The third-order valence-electron chi connectivity index (χ3n) is 5.03. The first-order chi connectivity index (χ1) is 12.6. The number of piperazine rings is 1. The number of rotatable bonds is 4. The highest BCUT2D eigenvalue weighted by Gasteiger charge is 2.32. The summed E-state index contributed by atoms with van der Waals surface area (Å²) >= 11 is 0. The molecular formula is C18H23N3O5S. The van der Waals surface area contributed by atoms with E-state index < -0.39 is 10.0 Å². The highest BCUT2D eigenvalue weighted by molar-refractivity contribution is 7.88. The Balaban J connectivity index is 1.63. The highest BCUT2D eigenvalue weighted by Crippen LogP contribution is 2.19. The third-order valence-corrected chi connectivity index (χ3v) is 6.42. The minimum atomic E-state index is -3.28. The molecule has 2 aliphatic rings. The van der Waals surface area contributed by atoms with Crippen LogP contribution in [-0.4, -0.2) is 67.3 Å². The Morgan fingerprint density at radius 2 is 1.85 bits per heavy atom. The van der Waals surface area contributed by atoms with Crippen molar-refractivity contribution in [3.8, 4) is 0 Å². The van der Waals surface area contributed by atoms with Gasteiger partial charge < -0.3 is 4.90 Å². The predicted octanol–water partition coefficient (Wildman–Crippen LogP) is -0.00230. The normalized spacial score (nSPS) is 24.1. The molecule has 0 radical (unpaired) electrons. The van der Waals surface area contributed by atoms with E-state index in [1.165, 1.54) is 10.6 Å². The Hall–Kier alpha value is -2.26. The summed E-state index contributed by atoms with van der Waals surface area (Å²) in [5, 5.41) is 2.29. The van der Waals surface area contributed by atoms with Gasteiger partial charge in [-0.1, -0.05) is 12.1 Å². The molecule has 8 nitrogen and oxygen atoms in total. The van der Waals surface area contributed by atoms with Crippen LogP contribution in [0.2, 0.25) is 0 Å². The molecule has 0 saturated carbocycles. The molecule has 2 aliphatic heterocycles. The minimum Gasteiger partial charge on any atom is -0.336 e. The summed E-state index contributed by atoms with van der Waals surface area (Å²) in [6.07, 6.45) is 1.83. The van der Waals surface area contributed by atoms with Crippen LogP contribution in [0.4, 0.5) is 0 Å². The van der Waals surface area contributed by atoms with E-state index in [0.29, 0.717) is 25.1 Å². The molecule has 27 heavy (non-hydrogen) atoms. The lowest BCUT2D eigenvalue weighted by molar-refractivity contribution is -0.125. The molecule has 0 unspecified atom stereocenters. The van der Waals surface area contributed by atoms with Crippen molar-refractivity contribution in [1.29, 1.82) is 0 Å². The van der Waals surface area contributed by atoms with Crippen LogP contribution in [0, 0.1) is 5.92 Å². The SMILES string of the molecule is C[C@H]1CN(C(=O)c2ccc(C[C@@H]3CC(=O)NC3=O)cc2)CCN1S(C)(=O)=O. The third kappa shape index (κ3) is 4.36. The number of nitrogens with one attached hydrogen (secondary N) is 1. The van der Waals surface area contributed by atoms with E-state index in [-0.39, 0.29) is 42.6 Å². The Labute approximate surface area is 158 Å². The van der Waals surface area contributed by atoms with E-state index in [1.54, 1.807) is 36.1 Å². The fraction of sp³-hybridized carbons (Fsp3) is 0.500. The van der Waals surface area contributed by atoms with Gasteiger partial charge in [-0.3, -0.25) is 19.7 Å². The van der Waals surface area contributed by atoms with E-state index >= 15 is 0 Å². The molecule has 0 aromatic heterocycles. The van der Waals surface area contributed by atoms with Gasteiger partial charge in [0, 0.05) is 37.7 Å². The average Bonchev–Trinajstić information content (AvgIpc) is 2.91. The minimum absolute atomic E-state index is 0.143. The van der Waals surface area contributed by atoms with Crippen molar-refractivity contribution in [1.82, 2.24) is 14.5 Å². The average molecular weight is 393 g/mol. The number of hydrogen-bond donors (Lipinski definition) is 1. The molecule has 2 heterocycles. The lowest BCUT2D eigenvalue weighted by atomic mass is 9.97. The second kappa shape index (κ2) is 7.40. The zero-order chi connectivity index (χ0) is 19.8. The van der Waals surface area contributed by atoms with E-state index in [9.17, 15) is 22.8 Å². The van der Waals surface area contributed by atoms with E-state index in [0.717, 1.165) is 5.56 Å². The molecule has 2 atom stereocenters. The van der Waals surface area contributed by atoms with Gasteiger partial charge in [0.15, 0.2) is 0 Å². The summed E-state index contributed by atoms with van der Waals surface area (Å²) in [6, 6.07) is 6.73. The number of hydrogen-bond acceptors (Lipinski definition) is 5. The van der Waals surface area contributed by atoms with Gasteiger partial charge in [-0.2, -0.15) is 4.31 Å². The topological polar surface area (TPSA) is 104 Å². The summed E-state index contributed by atoms with van der Waals surface area (Å²) in [4.78, 5) is 37.3. The molecule has 3 amide bonds. The fourth-order valence-electron chi connectivity index (χ4n) is 3.64. The van der Waals surface area contributed by atoms with Crippen LogP contribution in [0.5, 0.6) is 0 Å². The standard InChI is InChI=1S/C18H23N3O5S/c1-12-11-20(7-8-21(12)27(2,25)26)18(24)14-5-3-13(4-6-14)9-15-10-16(22)19-17(15)23/h3-6,12,15H,7-11H2,1-2H3,(H,19,22,23)/t12-,15+/m0/s1. The van der Waals surface area contributed by atoms with Crippen molar-refractivity contribution >= 4 is 27.7 Å². The van der Waals surface area contributed by atoms with Gasteiger partial charge in [0.2, 0.25) is 21.8 Å². The smallest absolute Gasteiger partial charge is 0.253 e. The van der Waals surface area contributed by atoms with Gasteiger partial charge in [0.05, 0.1) is 12.2 Å². The van der Waals surface area contributed by atoms with Crippen molar-refractivity contribution in [3.63, 3.8) is 0 Å². The van der Waals surface area contributed by atoms with Crippen molar-refractivity contribution < 1.29 is 22.8 Å². The first-order valence-electron chi connectivity index (χ1n) is 8.84. The van der Waals surface area contributed by atoms with E-state index in [2.05, 4.69) is 5.32 Å². The lowest BCUT2D eigenvalue weighted by Crippen LogP contribution is -2.55. The van der Waals surface area contributed by atoms with Gasteiger partial charge in [0.1, 0.15) is 0 Å². The number of nitrogens with zero attached hydrogens (tertiary/aromatic N) is 2. The zero-order valence-electron chi connectivity index (χ0n) is 15.3. The van der Waals surface area contributed by atoms with Crippen LogP contribution in [0.25, 0.3) is 0 Å². The molecule has 0 spiro atoms. The molecule has 0 bridgehead atoms. The van der Waals surface area contributed by atoms with Crippen molar-refractivity contribution in [2.24, 2.45) is 5.92 Å². The molecule has 1 N–H and O–H groups in total. The van der Waals surface area contributed by atoms with Crippen molar-refractivity contribution in [2.45, 2.75) is 25.8 Å². The number of benzene rings is 1. The molecule has 9 heteroatoms. The predicted molar refractivity (Wildman–Crippen MR) is 98.3 cm³/mol. The van der Waals surface area contributed by atoms with Crippen LogP contribution in [0.1, 0.15) is 29.3 Å². The largest absolute Gasteiger partial charge is 0.336 e. The number of carbonyl (C=O) groups is 3. The van der Waals surface area contributed by atoms with Crippen LogP contribution in [0.15, 0.2) is 24.3 Å². The van der Waals surface area contributed by atoms with E-state index in [1.807, 2.05) is 0 Å². The molecule has 0 aliphatic carbocycles. The molecule has 2 saturated heterocycles. The Morgan fingerprint density at radius 1 is 1.19 bits per heavy atom. The number of sulfonamides is 1. The van der Waals surface area contributed by atoms with Crippen molar-refractivity contribution in [3.05, 3.63) is 35.4 Å². The number of carbonyl (C=O) groups excluding carboxylic acids is 3. The van der Waals surface area contributed by atoms with Crippen LogP contribution in [-0.2, 0) is 26.0 Å². The van der Waals surface area contributed by atoms with Gasteiger partial charge in [-0.05, 0) is 31.0 Å². The van der Waals surface area contributed by atoms with Gasteiger partial charge in [-0.15, -0.1) is 0 Å². The number of amides is 3. The maximum Gasteiger partial charge on any atom is 0.253 e. The lowest BCUT2D eigenvalue weighted by Gasteiger charge is -2.38. The van der Waals surface area contributed by atoms with Crippen LogP contribution >= 0.6 is 0 Å². The molecular weight excluding hydrogens is 370 g/mol. The zero-order valence-corrected chi connectivity index (χ0v) is 16.2. The van der Waals surface area contributed by atoms with Crippen LogP contribution in [0.3, 0.4) is 0 Å². The molecule has 1 aromatic rings. The Bertz CT molecular complexity index is 865.